The Morgan fingerprint density at radius 1 is 1.35 bits per heavy atom. The Morgan fingerprint density at radius 2 is 2.00 bits per heavy atom. The van der Waals surface area contributed by atoms with Crippen LogP contribution in [0, 0.1) is 0 Å². The van der Waals surface area contributed by atoms with Crippen LogP contribution in [0.2, 0.25) is 0 Å². The van der Waals surface area contributed by atoms with Crippen LogP contribution >= 0.6 is 11.8 Å². The summed E-state index contributed by atoms with van der Waals surface area (Å²) in [4.78, 5) is 13.9. The maximum absolute atomic E-state index is 12.1. The minimum absolute atomic E-state index is 0.00514. The molecule has 5 nitrogen and oxygen atoms in total. The molecule has 0 aromatic heterocycles. The fourth-order valence-electron chi connectivity index (χ4n) is 2.18. The van der Waals surface area contributed by atoms with Crippen LogP contribution < -0.4 is 14.8 Å². The molecule has 0 aliphatic carbocycles. The van der Waals surface area contributed by atoms with Gasteiger partial charge in [0.05, 0.1) is 14.2 Å². The van der Waals surface area contributed by atoms with E-state index in [9.17, 15) is 4.79 Å². The van der Waals surface area contributed by atoms with Crippen LogP contribution in [-0.2, 0) is 0 Å². The van der Waals surface area contributed by atoms with Gasteiger partial charge in [-0.05, 0) is 24.6 Å². The van der Waals surface area contributed by atoms with Crippen LogP contribution in [0.1, 0.15) is 17.9 Å². The molecule has 1 N–H and O–H groups in total. The molecule has 1 aliphatic rings. The number of hydrogen-bond donors (Lipinski definition) is 1. The lowest BCUT2D eigenvalue weighted by molar-refractivity contribution is 0.201. The summed E-state index contributed by atoms with van der Waals surface area (Å²) in [6.07, 6.45) is 0. The maximum atomic E-state index is 12.1. The number of urea groups is 1. The van der Waals surface area contributed by atoms with Gasteiger partial charge in [-0.1, -0.05) is 0 Å². The highest BCUT2D eigenvalue weighted by molar-refractivity contribution is 7.99. The zero-order chi connectivity index (χ0) is 14.5. The molecule has 1 saturated heterocycles. The summed E-state index contributed by atoms with van der Waals surface area (Å²) in [6.45, 7) is 3.31. The Hall–Kier alpha value is -1.56. The number of ether oxygens (including phenoxy) is 2. The summed E-state index contributed by atoms with van der Waals surface area (Å²) in [5, 5.41) is 2.86. The van der Waals surface area contributed by atoms with Crippen molar-refractivity contribution in [3.05, 3.63) is 23.8 Å². The van der Waals surface area contributed by atoms with Gasteiger partial charge in [0.15, 0.2) is 0 Å². The van der Waals surface area contributed by atoms with Gasteiger partial charge in [0.2, 0.25) is 0 Å². The summed E-state index contributed by atoms with van der Waals surface area (Å²) < 4.78 is 10.6. The second-order valence-electron chi connectivity index (χ2n) is 4.40. The normalized spacial score (nSPS) is 17.9. The van der Waals surface area contributed by atoms with Crippen molar-refractivity contribution in [2.45, 2.75) is 12.3 Å². The smallest absolute Gasteiger partial charge is 0.318 e. The Kier molecular flexibility index (Phi) is 5.00. The highest BCUT2D eigenvalue weighted by atomic mass is 32.2. The number of methoxy groups -OCH3 is 2. The number of amides is 2. The molecule has 1 heterocycles. The van der Waals surface area contributed by atoms with Crippen molar-refractivity contribution in [1.82, 2.24) is 10.2 Å². The summed E-state index contributed by atoms with van der Waals surface area (Å²) in [6, 6.07) is 5.72. The molecule has 0 spiro atoms. The van der Waals surface area contributed by atoms with E-state index in [2.05, 4.69) is 5.32 Å². The van der Waals surface area contributed by atoms with Gasteiger partial charge in [-0.2, -0.15) is 0 Å². The van der Waals surface area contributed by atoms with E-state index in [1.165, 1.54) is 0 Å². The first-order chi connectivity index (χ1) is 9.69. The molecular formula is C14H20N2O3S. The second-order valence-corrected chi connectivity index (χ2v) is 5.59. The maximum Gasteiger partial charge on any atom is 0.318 e. The van der Waals surface area contributed by atoms with Gasteiger partial charge in [0.25, 0.3) is 0 Å². The molecule has 0 radical (unpaired) electrons. The molecule has 1 aliphatic heterocycles. The number of rotatable bonds is 4. The number of hydrogen-bond acceptors (Lipinski definition) is 4. The van der Waals surface area contributed by atoms with Crippen LogP contribution in [0.3, 0.4) is 0 Å². The lowest BCUT2D eigenvalue weighted by Gasteiger charge is -2.24. The number of thioether (sulfide) groups is 1. The zero-order valence-corrected chi connectivity index (χ0v) is 12.8. The van der Waals surface area contributed by atoms with Gasteiger partial charge < -0.3 is 19.7 Å². The molecule has 6 heteroatoms. The first-order valence-corrected chi connectivity index (χ1v) is 7.63. The Balaban J connectivity index is 2.27. The fourth-order valence-corrected chi connectivity index (χ4v) is 3.41. The van der Waals surface area contributed by atoms with Crippen molar-refractivity contribution in [2.24, 2.45) is 0 Å². The molecule has 1 fully saturated rings. The SMILES string of the molecule is CCNC(=O)N1CCSC1c1cc(OC)cc(OC)c1. The molecule has 0 bridgehead atoms. The van der Waals surface area contributed by atoms with E-state index in [1.807, 2.05) is 30.0 Å². The quantitative estimate of drug-likeness (QED) is 0.927. The fraction of sp³-hybridized carbons (Fsp3) is 0.500. The van der Waals surface area contributed by atoms with Gasteiger partial charge in [-0.25, -0.2) is 4.79 Å². The highest BCUT2D eigenvalue weighted by Crippen LogP contribution is 2.40. The Morgan fingerprint density at radius 3 is 2.55 bits per heavy atom. The molecule has 2 amide bonds. The van der Waals surface area contributed by atoms with E-state index in [0.29, 0.717) is 6.54 Å². The van der Waals surface area contributed by atoms with Crippen molar-refractivity contribution in [1.29, 1.82) is 0 Å². The first-order valence-electron chi connectivity index (χ1n) is 6.58. The monoisotopic (exact) mass is 296 g/mol. The van der Waals surface area contributed by atoms with Crippen LogP contribution in [0.25, 0.3) is 0 Å². The van der Waals surface area contributed by atoms with Crippen LogP contribution in [0.4, 0.5) is 4.79 Å². The zero-order valence-electron chi connectivity index (χ0n) is 12.0. The van der Waals surface area contributed by atoms with Crippen LogP contribution in [-0.4, -0.2) is 44.0 Å². The molecule has 1 atom stereocenters. The third-order valence-corrected chi connectivity index (χ3v) is 4.40. The van der Waals surface area contributed by atoms with Crippen LogP contribution in [0.15, 0.2) is 18.2 Å². The van der Waals surface area contributed by atoms with E-state index < -0.39 is 0 Å². The largest absolute Gasteiger partial charge is 0.497 e. The van der Waals surface area contributed by atoms with E-state index in [4.69, 9.17) is 9.47 Å². The van der Waals surface area contributed by atoms with E-state index >= 15 is 0 Å². The lowest BCUT2D eigenvalue weighted by Crippen LogP contribution is -2.39. The summed E-state index contributed by atoms with van der Waals surface area (Å²) >= 11 is 1.75. The summed E-state index contributed by atoms with van der Waals surface area (Å²) in [7, 11) is 3.25. The highest BCUT2D eigenvalue weighted by Gasteiger charge is 2.31. The third-order valence-electron chi connectivity index (χ3n) is 3.14. The lowest BCUT2D eigenvalue weighted by atomic mass is 10.2. The van der Waals surface area contributed by atoms with Gasteiger partial charge in [-0.3, -0.25) is 0 Å². The molecule has 1 unspecified atom stereocenters. The van der Waals surface area contributed by atoms with Crippen molar-refractivity contribution in [3.8, 4) is 11.5 Å². The van der Waals surface area contributed by atoms with Gasteiger partial charge >= 0.3 is 6.03 Å². The topological polar surface area (TPSA) is 50.8 Å². The minimum atomic E-state index is -0.0238. The predicted octanol–water partition coefficient (Wildman–Crippen LogP) is 2.48. The van der Waals surface area contributed by atoms with Crippen LogP contribution in [0.5, 0.6) is 11.5 Å². The number of carbonyl (C=O) groups excluding carboxylic acids is 1. The van der Waals surface area contributed by atoms with Crippen molar-refractivity contribution in [2.75, 3.05) is 33.1 Å². The van der Waals surface area contributed by atoms with Gasteiger partial charge in [-0.15, -0.1) is 11.8 Å². The summed E-state index contributed by atoms with van der Waals surface area (Å²) in [5.74, 6) is 2.41. The third kappa shape index (κ3) is 3.12. The molecule has 0 saturated carbocycles. The molecule has 2 rings (SSSR count). The number of nitrogens with zero attached hydrogens (tertiary/aromatic N) is 1. The average molecular weight is 296 g/mol. The van der Waals surface area contributed by atoms with Gasteiger partial charge in [0.1, 0.15) is 16.9 Å². The van der Waals surface area contributed by atoms with Gasteiger partial charge in [0, 0.05) is 24.9 Å². The first kappa shape index (κ1) is 14.8. The number of benzene rings is 1. The number of carbonyl (C=O) groups is 1. The predicted molar refractivity (Wildman–Crippen MR) is 80.5 cm³/mol. The van der Waals surface area contributed by atoms with E-state index in [0.717, 1.165) is 29.4 Å². The molecule has 1 aromatic rings. The van der Waals surface area contributed by atoms with Crippen molar-refractivity contribution in [3.63, 3.8) is 0 Å². The minimum Gasteiger partial charge on any atom is -0.497 e. The van der Waals surface area contributed by atoms with E-state index in [-0.39, 0.29) is 11.4 Å². The summed E-state index contributed by atoms with van der Waals surface area (Å²) in [5.41, 5.74) is 1.02. The molecular weight excluding hydrogens is 276 g/mol. The van der Waals surface area contributed by atoms with Crippen molar-refractivity contribution < 1.29 is 14.3 Å². The van der Waals surface area contributed by atoms with E-state index in [1.54, 1.807) is 26.0 Å². The second kappa shape index (κ2) is 6.74. The molecule has 1 aromatic carbocycles. The molecule has 20 heavy (non-hydrogen) atoms. The number of nitrogens with one attached hydrogen (secondary N) is 1. The Labute approximate surface area is 123 Å². The Bertz CT molecular complexity index is 459. The average Bonchev–Trinajstić information content (AvgIpc) is 2.96. The van der Waals surface area contributed by atoms with Crippen molar-refractivity contribution >= 4 is 17.8 Å². The molecule has 110 valence electrons. The standard InChI is InChI=1S/C14H20N2O3S/c1-4-15-14(17)16-5-6-20-13(16)10-7-11(18-2)9-12(8-10)19-3/h7-9,13H,4-6H2,1-3H3,(H,15,17).